The van der Waals surface area contributed by atoms with E-state index in [1.165, 1.54) is 11.6 Å². The van der Waals surface area contributed by atoms with Gasteiger partial charge in [0.1, 0.15) is 5.70 Å². The molecule has 19 heavy (non-hydrogen) atoms. The van der Waals surface area contributed by atoms with Crippen LogP contribution < -0.4 is 5.32 Å². The van der Waals surface area contributed by atoms with Crippen LogP contribution in [0.15, 0.2) is 36.0 Å². The number of aliphatic hydroxyl groups excluding tert-OH is 1. The van der Waals surface area contributed by atoms with Crippen LogP contribution in [0.2, 0.25) is 0 Å². The van der Waals surface area contributed by atoms with Crippen LogP contribution in [0.3, 0.4) is 0 Å². The zero-order valence-electron chi connectivity index (χ0n) is 10.7. The van der Waals surface area contributed by atoms with Gasteiger partial charge in [-0.2, -0.15) is 0 Å². The Hall–Kier alpha value is -2.14. The van der Waals surface area contributed by atoms with Gasteiger partial charge in [-0.25, -0.2) is 0 Å². The Balaban J connectivity index is 2.09. The third-order valence-corrected chi connectivity index (χ3v) is 2.97. The van der Waals surface area contributed by atoms with Crippen molar-refractivity contribution in [3.8, 4) is 0 Å². The van der Waals surface area contributed by atoms with Crippen molar-refractivity contribution in [3.63, 3.8) is 0 Å². The second kappa shape index (κ2) is 5.67. The van der Waals surface area contributed by atoms with E-state index in [0.29, 0.717) is 0 Å². The average Bonchev–Trinajstić information content (AvgIpc) is 2.68. The lowest BCUT2D eigenvalue weighted by Gasteiger charge is -2.13. The largest absolute Gasteiger partial charge is 0.395 e. The highest BCUT2D eigenvalue weighted by atomic mass is 16.3. The molecule has 5 nitrogen and oxygen atoms in total. The number of anilines is 1. The smallest absolute Gasteiger partial charge is 0.277 e. The van der Waals surface area contributed by atoms with E-state index in [9.17, 15) is 9.59 Å². The molecule has 0 saturated carbocycles. The highest BCUT2D eigenvalue weighted by molar-refractivity contribution is 6.17. The van der Waals surface area contributed by atoms with E-state index in [2.05, 4.69) is 12.2 Å². The molecule has 2 N–H and O–H groups in total. The topological polar surface area (TPSA) is 69.6 Å². The molecule has 0 fully saturated rings. The number of carbonyl (C=O) groups excluding carboxylic acids is 2. The molecule has 2 amide bonds. The van der Waals surface area contributed by atoms with E-state index in [4.69, 9.17) is 5.11 Å². The third kappa shape index (κ3) is 2.82. The summed E-state index contributed by atoms with van der Waals surface area (Å²) in [6.07, 6.45) is 2.20. The molecule has 2 rings (SSSR count). The molecule has 0 unspecified atom stereocenters. The highest BCUT2D eigenvalue weighted by Crippen LogP contribution is 2.17. The van der Waals surface area contributed by atoms with Gasteiger partial charge >= 0.3 is 0 Å². The van der Waals surface area contributed by atoms with E-state index in [1.54, 1.807) is 0 Å². The van der Waals surface area contributed by atoms with Gasteiger partial charge < -0.3 is 10.4 Å². The Kier molecular flexibility index (Phi) is 3.97. The second-order valence-electron chi connectivity index (χ2n) is 4.25. The van der Waals surface area contributed by atoms with Crippen molar-refractivity contribution in [1.29, 1.82) is 0 Å². The van der Waals surface area contributed by atoms with Crippen molar-refractivity contribution in [2.75, 3.05) is 18.5 Å². The Morgan fingerprint density at radius 3 is 2.47 bits per heavy atom. The second-order valence-corrected chi connectivity index (χ2v) is 4.25. The summed E-state index contributed by atoms with van der Waals surface area (Å²) in [6, 6.07) is 7.67. The number of hydrogen-bond donors (Lipinski definition) is 2. The molecule has 0 bridgehead atoms. The maximum Gasteiger partial charge on any atom is 0.277 e. The Labute approximate surface area is 111 Å². The molecular formula is C14H16N2O3. The van der Waals surface area contributed by atoms with Crippen LogP contribution in [0.4, 0.5) is 5.69 Å². The van der Waals surface area contributed by atoms with Crippen LogP contribution >= 0.6 is 0 Å². The van der Waals surface area contributed by atoms with E-state index in [1.807, 2.05) is 24.3 Å². The zero-order valence-corrected chi connectivity index (χ0v) is 10.7. The van der Waals surface area contributed by atoms with Gasteiger partial charge in [-0.3, -0.25) is 14.5 Å². The SMILES string of the molecule is CCc1ccc(NC2=CC(=O)N(CCO)C2=O)cc1. The number of carbonyl (C=O) groups is 2. The molecule has 1 heterocycles. The Morgan fingerprint density at radius 1 is 1.21 bits per heavy atom. The maximum absolute atomic E-state index is 11.9. The molecule has 1 aromatic rings. The van der Waals surface area contributed by atoms with Crippen LogP contribution in [0.25, 0.3) is 0 Å². The molecule has 0 aliphatic carbocycles. The molecule has 1 aliphatic heterocycles. The third-order valence-electron chi connectivity index (χ3n) is 2.97. The molecular weight excluding hydrogens is 244 g/mol. The van der Waals surface area contributed by atoms with Crippen LogP contribution in [0, 0.1) is 0 Å². The number of imide groups is 1. The molecule has 1 aliphatic rings. The maximum atomic E-state index is 11.9. The summed E-state index contributed by atoms with van der Waals surface area (Å²) in [5.41, 5.74) is 2.20. The van der Waals surface area contributed by atoms with Crippen molar-refractivity contribution in [3.05, 3.63) is 41.6 Å². The monoisotopic (exact) mass is 260 g/mol. The summed E-state index contributed by atoms with van der Waals surface area (Å²) < 4.78 is 0. The highest BCUT2D eigenvalue weighted by Gasteiger charge is 2.30. The van der Waals surface area contributed by atoms with Crippen molar-refractivity contribution in [2.24, 2.45) is 0 Å². The summed E-state index contributed by atoms with van der Waals surface area (Å²) in [6.45, 7) is 1.86. The number of nitrogens with zero attached hydrogens (tertiary/aromatic N) is 1. The summed E-state index contributed by atoms with van der Waals surface area (Å²) in [4.78, 5) is 24.5. The number of aryl methyl sites for hydroxylation is 1. The summed E-state index contributed by atoms with van der Waals surface area (Å²) in [7, 11) is 0. The van der Waals surface area contributed by atoms with Gasteiger partial charge in [0.2, 0.25) is 0 Å². The fourth-order valence-corrected chi connectivity index (χ4v) is 1.89. The fraction of sp³-hybridized carbons (Fsp3) is 0.286. The molecule has 5 heteroatoms. The molecule has 0 atom stereocenters. The van der Waals surface area contributed by atoms with Gasteiger partial charge in [-0.1, -0.05) is 19.1 Å². The Morgan fingerprint density at radius 2 is 1.89 bits per heavy atom. The number of aliphatic hydroxyl groups is 1. The van der Waals surface area contributed by atoms with E-state index < -0.39 is 11.8 Å². The van der Waals surface area contributed by atoms with Gasteiger partial charge in [0.05, 0.1) is 13.2 Å². The molecule has 0 aromatic heterocycles. The number of β-amino-alcohol motifs (C(OH)–C–C–N with tert-alkyl or cyclic N) is 1. The number of benzene rings is 1. The minimum Gasteiger partial charge on any atom is -0.395 e. The number of rotatable bonds is 5. The average molecular weight is 260 g/mol. The van der Waals surface area contributed by atoms with Crippen molar-refractivity contribution in [1.82, 2.24) is 4.90 Å². The molecule has 0 spiro atoms. The molecule has 100 valence electrons. The van der Waals surface area contributed by atoms with Crippen molar-refractivity contribution in [2.45, 2.75) is 13.3 Å². The van der Waals surface area contributed by atoms with Crippen LogP contribution in [0.1, 0.15) is 12.5 Å². The molecule has 0 saturated heterocycles. The van der Waals surface area contributed by atoms with E-state index >= 15 is 0 Å². The summed E-state index contributed by atoms with van der Waals surface area (Å²) in [5, 5.41) is 11.7. The van der Waals surface area contributed by atoms with Crippen LogP contribution in [-0.2, 0) is 16.0 Å². The van der Waals surface area contributed by atoms with Crippen LogP contribution in [0.5, 0.6) is 0 Å². The lowest BCUT2D eigenvalue weighted by molar-refractivity contribution is -0.137. The molecule has 0 radical (unpaired) electrons. The van der Waals surface area contributed by atoms with E-state index in [0.717, 1.165) is 17.0 Å². The first kappa shape index (κ1) is 13.3. The lowest BCUT2D eigenvalue weighted by Crippen LogP contribution is -2.34. The Bertz CT molecular complexity index is 520. The number of amides is 2. The van der Waals surface area contributed by atoms with Gasteiger partial charge in [-0.15, -0.1) is 0 Å². The standard InChI is InChI=1S/C14H16N2O3/c1-2-10-3-5-11(6-4-10)15-12-9-13(18)16(7-8-17)14(12)19/h3-6,9,15,17H,2,7-8H2,1H3. The minimum absolute atomic E-state index is 0.0219. The fourth-order valence-electron chi connectivity index (χ4n) is 1.89. The van der Waals surface area contributed by atoms with Crippen molar-refractivity contribution < 1.29 is 14.7 Å². The first-order valence-corrected chi connectivity index (χ1v) is 6.20. The first-order valence-electron chi connectivity index (χ1n) is 6.20. The predicted molar refractivity (Wildman–Crippen MR) is 71.3 cm³/mol. The van der Waals surface area contributed by atoms with Gasteiger partial charge in [0, 0.05) is 11.8 Å². The summed E-state index contributed by atoms with van der Waals surface area (Å²) in [5.74, 6) is -0.801. The quantitative estimate of drug-likeness (QED) is 0.772. The number of nitrogens with one attached hydrogen (secondary N) is 1. The normalized spacial score (nSPS) is 14.8. The first-order chi connectivity index (χ1) is 9.15. The van der Waals surface area contributed by atoms with Gasteiger partial charge in [-0.05, 0) is 24.1 Å². The van der Waals surface area contributed by atoms with Crippen LogP contribution in [-0.4, -0.2) is 35.0 Å². The summed E-state index contributed by atoms with van der Waals surface area (Å²) >= 11 is 0. The lowest BCUT2D eigenvalue weighted by atomic mass is 10.1. The van der Waals surface area contributed by atoms with Gasteiger partial charge in [0.15, 0.2) is 0 Å². The van der Waals surface area contributed by atoms with Crippen molar-refractivity contribution >= 4 is 17.5 Å². The minimum atomic E-state index is -0.404. The van der Waals surface area contributed by atoms with Gasteiger partial charge in [0.25, 0.3) is 11.8 Å². The number of hydrogen-bond acceptors (Lipinski definition) is 4. The van der Waals surface area contributed by atoms with E-state index in [-0.39, 0.29) is 18.8 Å². The zero-order chi connectivity index (χ0) is 13.8. The molecule has 1 aromatic carbocycles. The predicted octanol–water partition coefficient (Wildman–Crippen LogP) is 0.906.